The van der Waals surface area contributed by atoms with Crippen LogP contribution in [0.4, 0.5) is 5.69 Å². The highest BCUT2D eigenvalue weighted by molar-refractivity contribution is 5.97. The number of benzene rings is 2. The topological polar surface area (TPSA) is 93.7 Å². The van der Waals surface area contributed by atoms with Crippen LogP contribution >= 0.6 is 0 Å². The minimum absolute atomic E-state index is 0.0366. The van der Waals surface area contributed by atoms with Crippen LogP contribution in [0.25, 0.3) is 0 Å². The summed E-state index contributed by atoms with van der Waals surface area (Å²) in [6.45, 7) is 2.09. The van der Waals surface area contributed by atoms with Crippen LogP contribution in [0, 0.1) is 0 Å². The first-order chi connectivity index (χ1) is 13.1. The second-order valence-electron chi connectivity index (χ2n) is 5.56. The average Bonchev–Trinajstić information content (AvgIpc) is 2.68. The van der Waals surface area contributed by atoms with E-state index in [4.69, 9.17) is 9.47 Å². The maximum atomic E-state index is 11.9. The van der Waals surface area contributed by atoms with Gasteiger partial charge in [0.2, 0.25) is 0 Å². The lowest BCUT2D eigenvalue weighted by atomic mass is 10.2. The van der Waals surface area contributed by atoms with Crippen molar-refractivity contribution in [3.05, 3.63) is 60.2 Å². The molecule has 0 saturated carbocycles. The Bertz CT molecular complexity index is 777. The van der Waals surface area contributed by atoms with Crippen LogP contribution in [0.15, 0.2) is 54.6 Å². The number of amides is 2. The zero-order valence-corrected chi connectivity index (χ0v) is 15.1. The highest BCUT2D eigenvalue weighted by Crippen LogP contribution is 2.11. The van der Waals surface area contributed by atoms with Crippen LogP contribution < -0.4 is 15.4 Å². The van der Waals surface area contributed by atoms with E-state index in [1.54, 1.807) is 36.4 Å². The van der Waals surface area contributed by atoms with E-state index in [9.17, 15) is 14.4 Å². The first-order valence-electron chi connectivity index (χ1n) is 8.60. The second-order valence-corrected chi connectivity index (χ2v) is 5.56. The molecule has 0 heterocycles. The van der Waals surface area contributed by atoms with Crippen LogP contribution in [0.5, 0.6) is 5.75 Å². The summed E-state index contributed by atoms with van der Waals surface area (Å²) in [7, 11) is 0. The van der Waals surface area contributed by atoms with Gasteiger partial charge >= 0.3 is 5.97 Å². The Morgan fingerprint density at radius 3 is 2.52 bits per heavy atom. The number of ether oxygens (including phenoxy) is 2. The molecule has 142 valence electrons. The van der Waals surface area contributed by atoms with Gasteiger partial charge in [-0.3, -0.25) is 14.4 Å². The van der Waals surface area contributed by atoms with Gasteiger partial charge in [0, 0.05) is 17.8 Å². The van der Waals surface area contributed by atoms with Crippen LogP contribution in [-0.4, -0.2) is 37.5 Å². The van der Waals surface area contributed by atoms with Gasteiger partial charge in [-0.15, -0.1) is 0 Å². The average molecular weight is 370 g/mol. The predicted molar refractivity (Wildman–Crippen MR) is 101 cm³/mol. The molecule has 0 saturated heterocycles. The molecule has 0 fully saturated rings. The summed E-state index contributed by atoms with van der Waals surface area (Å²) in [5.41, 5.74) is 0.886. The van der Waals surface area contributed by atoms with Crippen LogP contribution in [0.3, 0.4) is 0 Å². The standard InChI is InChI=1S/C20H22N2O5/c1-2-21-20(25)15-7-6-8-16(13-15)22-18(23)14-27-19(24)11-12-26-17-9-4-3-5-10-17/h3-10,13H,2,11-12,14H2,1H3,(H,21,25)(H,22,23). The molecular formula is C20H22N2O5. The zero-order valence-electron chi connectivity index (χ0n) is 15.1. The molecule has 0 aliphatic heterocycles. The SMILES string of the molecule is CCNC(=O)c1cccc(NC(=O)COC(=O)CCOc2ccccc2)c1. The third kappa shape index (κ3) is 7.19. The highest BCUT2D eigenvalue weighted by Gasteiger charge is 2.10. The largest absolute Gasteiger partial charge is 0.493 e. The van der Waals surface area contributed by atoms with E-state index in [2.05, 4.69) is 10.6 Å². The number of nitrogens with one attached hydrogen (secondary N) is 2. The first kappa shape index (κ1) is 20.0. The molecule has 0 bridgehead atoms. The van der Waals surface area contributed by atoms with E-state index in [0.29, 0.717) is 23.5 Å². The Balaban J connectivity index is 1.71. The highest BCUT2D eigenvalue weighted by atomic mass is 16.5. The molecule has 2 N–H and O–H groups in total. The number of rotatable bonds is 9. The molecule has 0 aromatic heterocycles. The van der Waals surface area contributed by atoms with Crippen molar-refractivity contribution in [2.75, 3.05) is 25.1 Å². The molecule has 0 atom stereocenters. The molecule has 7 heteroatoms. The van der Waals surface area contributed by atoms with Crippen molar-refractivity contribution in [3.8, 4) is 5.75 Å². The number of carbonyl (C=O) groups is 3. The lowest BCUT2D eigenvalue weighted by Gasteiger charge is -2.09. The van der Waals surface area contributed by atoms with Gasteiger partial charge in [-0.2, -0.15) is 0 Å². The van der Waals surface area contributed by atoms with Crippen molar-refractivity contribution in [3.63, 3.8) is 0 Å². The quantitative estimate of drug-likeness (QED) is 0.661. The van der Waals surface area contributed by atoms with E-state index in [0.717, 1.165) is 0 Å². The Hall–Kier alpha value is -3.35. The summed E-state index contributed by atoms with van der Waals surface area (Å²) in [4.78, 5) is 35.4. The zero-order chi connectivity index (χ0) is 19.5. The van der Waals surface area contributed by atoms with Crippen LogP contribution in [0.1, 0.15) is 23.7 Å². The first-order valence-corrected chi connectivity index (χ1v) is 8.60. The number of hydrogen-bond acceptors (Lipinski definition) is 5. The maximum Gasteiger partial charge on any atom is 0.309 e. The van der Waals surface area contributed by atoms with E-state index in [1.807, 2.05) is 25.1 Å². The third-order valence-corrected chi connectivity index (χ3v) is 3.43. The monoisotopic (exact) mass is 370 g/mol. The molecule has 7 nitrogen and oxygen atoms in total. The lowest BCUT2D eigenvalue weighted by Crippen LogP contribution is -2.24. The second kappa shape index (κ2) is 10.6. The summed E-state index contributed by atoms with van der Waals surface area (Å²) in [5, 5.41) is 5.27. The van der Waals surface area contributed by atoms with Gasteiger partial charge in [-0.25, -0.2) is 0 Å². The normalized spacial score (nSPS) is 9.96. The lowest BCUT2D eigenvalue weighted by molar-refractivity contribution is -0.147. The van der Waals surface area contributed by atoms with Gasteiger partial charge in [0.15, 0.2) is 6.61 Å². The smallest absolute Gasteiger partial charge is 0.309 e. The molecule has 2 rings (SSSR count). The molecule has 0 aliphatic rings. The number of para-hydroxylation sites is 1. The van der Waals surface area contributed by atoms with Gasteiger partial charge < -0.3 is 20.1 Å². The van der Waals surface area contributed by atoms with E-state index in [-0.39, 0.29) is 18.9 Å². The van der Waals surface area contributed by atoms with E-state index in [1.165, 1.54) is 0 Å². The fourth-order valence-electron chi connectivity index (χ4n) is 2.19. The van der Waals surface area contributed by atoms with Crippen molar-refractivity contribution in [2.24, 2.45) is 0 Å². The van der Waals surface area contributed by atoms with Crippen molar-refractivity contribution in [1.29, 1.82) is 0 Å². The Kier molecular flexibility index (Phi) is 7.84. The van der Waals surface area contributed by atoms with Crippen molar-refractivity contribution < 1.29 is 23.9 Å². The summed E-state index contributed by atoms with van der Waals surface area (Å²) >= 11 is 0. The van der Waals surface area contributed by atoms with E-state index >= 15 is 0 Å². The molecular weight excluding hydrogens is 348 g/mol. The minimum atomic E-state index is -0.530. The molecule has 2 aromatic carbocycles. The molecule has 0 aliphatic carbocycles. The van der Waals surface area contributed by atoms with Crippen molar-refractivity contribution >= 4 is 23.5 Å². The fourth-order valence-corrected chi connectivity index (χ4v) is 2.19. The fraction of sp³-hybridized carbons (Fsp3) is 0.250. The van der Waals surface area contributed by atoms with Gasteiger partial charge in [0.1, 0.15) is 5.75 Å². The van der Waals surface area contributed by atoms with E-state index < -0.39 is 18.5 Å². The third-order valence-electron chi connectivity index (χ3n) is 3.43. The van der Waals surface area contributed by atoms with Gasteiger partial charge in [-0.05, 0) is 37.3 Å². The Morgan fingerprint density at radius 2 is 1.78 bits per heavy atom. The molecule has 2 aromatic rings. The number of esters is 1. The maximum absolute atomic E-state index is 11.9. The minimum Gasteiger partial charge on any atom is -0.493 e. The Morgan fingerprint density at radius 1 is 1.00 bits per heavy atom. The van der Waals surface area contributed by atoms with Crippen LogP contribution in [-0.2, 0) is 14.3 Å². The van der Waals surface area contributed by atoms with Gasteiger partial charge in [0.25, 0.3) is 11.8 Å². The number of anilines is 1. The van der Waals surface area contributed by atoms with Crippen LogP contribution in [0.2, 0.25) is 0 Å². The summed E-state index contributed by atoms with van der Waals surface area (Å²) in [6.07, 6.45) is 0.0366. The van der Waals surface area contributed by atoms with Gasteiger partial charge in [0.05, 0.1) is 13.0 Å². The predicted octanol–water partition coefficient (Wildman–Crippen LogP) is 2.39. The number of carbonyl (C=O) groups excluding carboxylic acids is 3. The summed E-state index contributed by atoms with van der Waals surface area (Å²) < 4.78 is 10.3. The molecule has 27 heavy (non-hydrogen) atoms. The van der Waals surface area contributed by atoms with Crippen molar-refractivity contribution in [1.82, 2.24) is 5.32 Å². The van der Waals surface area contributed by atoms with Gasteiger partial charge in [-0.1, -0.05) is 24.3 Å². The summed E-state index contributed by atoms with van der Waals surface area (Å²) in [6, 6.07) is 15.6. The molecule has 0 radical (unpaired) electrons. The van der Waals surface area contributed by atoms with Crippen molar-refractivity contribution in [2.45, 2.75) is 13.3 Å². The number of hydrogen-bond donors (Lipinski definition) is 2. The Labute approximate surface area is 157 Å². The summed E-state index contributed by atoms with van der Waals surface area (Å²) in [5.74, 6) is -0.578. The molecule has 0 unspecified atom stereocenters. The molecule has 2 amide bonds. The molecule has 0 spiro atoms.